The number of hydrogen-bond donors (Lipinski definition) is 0. The molecule has 1 aromatic rings. The molecule has 0 saturated heterocycles. The SMILES string of the molecule is CCOC(=O)C1CCCOc2c(C)cc(C)cc21. The fourth-order valence-corrected chi connectivity index (χ4v) is 2.55. The first-order chi connectivity index (χ1) is 8.63. The van der Waals surface area contributed by atoms with Crippen LogP contribution in [0.5, 0.6) is 5.75 Å². The van der Waals surface area contributed by atoms with Crippen LogP contribution >= 0.6 is 0 Å². The van der Waals surface area contributed by atoms with Crippen molar-refractivity contribution in [1.82, 2.24) is 0 Å². The van der Waals surface area contributed by atoms with Gasteiger partial charge in [0.2, 0.25) is 0 Å². The first-order valence-corrected chi connectivity index (χ1v) is 6.54. The minimum absolute atomic E-state index is 0.130. The van der Waals surface area contributed by atoms with Gasteiger partial charge in [-0.15, -0.1) is 0 Å². The molecular formula is C15H20O3. The first-order valence-electron chi connectivity index (χ1n) is 6.54. The lowest BCUT2D eigenvalue weighted by molar-refractivity contribution is -0.145. The van der Waals surface area contributed by atoms with Crippen molar-refractivity contribution in [3.63, 3.8) is 0 Å². The lowest BCUT2D eigenvalue weighted by Crippen LogP contribution is -2.16. The predicted octanol–water partition coefficient (Wildman–Crippen LogP) is 3.12. The normalized spacial score (nSPS) is 18.5. The van der Waals surface area contributed by atoms with Crippen LogP contribution in [0, 0.1) is 13.8 Å². The van der Waals surface area contributed by atoms with Crippen LogP contribution in [0.1, 0.15) is 42.4 Å². The third-order valence-corrected chi connectivity index (χ3v) is 3.28. The summed E-state index contributed by atoms with van der Waals surface area (Å²) < 4.78 is 11.0. The minimum atomic E-state index is -0.180. The third-order valence-electron chi connectivity index (χ3n) is 3.28. The Balaban J connectivity index is 2.43. The molecule has 1 heterocycles. The zero-order valence-electron chi connectivity index (χ0n) is 11.3. The summed E-state index contributed by atoms with van der Waals surface area (Å²) in [6, 6.07) is 4.14. The van der Waals surface area contributed by atoms with E-state index in [1.807, 2.05) is 20.8 Å². The van der Waals surface area contributed by atoms with E-state index in [0.29, 0.717) is 13.2 Å². The molecule has 0 fully saturated rings. The molecule has 0 aromatic heterocycles. The summed E-state index contributed by atoms with van der Waals surface area (Å²) in [6.45, 7) is 7.01. The molecule has 1 atom stereocenters. The number of fused-ring (bicyclic) bond motifs is 1. The highest BCUT2D eigenvalue weighted by molar-refractivity contribution is 5.79. The van der Waals surface area contributed by atoms with E-state index in [4.69, 9.17) is 9.47 Å². The fourth-order valence-electron chi connectivity index (χ4n) is 2.55. The number of aryl methyl sites for hydroxylation is 2. The molecule has 2 rings (SSSR count). The van der Waals surface area contributed by atoms with Gasteiger partial charge in [-0.1, -0.05) is 17.7 Å². The van der Waals surface area contributed by atoms with Crippen molar-refractivity contribution in [1.29, 1.82) is 0 Å². The van der Waals surface area contributed by atoms with Gasteiger partial charge in [0, 0.05) is 5.56 Å². The van der Waals surface area contributed by atoms with Crippen LogP contribution in [-0.4, -0.2) is 19.2 Å². The summed E-state index contributed by atoms with van der Waals surface area (Å²) >= 11 is 0. The lowest BCUT2D eigenvalue weighted by atomic mass is 9.91. The van der Waals surface area contributed by atoms with Crippen LogP contribution < -0.4 is 4.74 Å². The Morgan fingerprint density at radius 2 is 2.22 bits per heavy atom. The Hall–Kier alpha value is -1.51. The van der Waals surface area contributed by atoms with Crippen molar-refractivity contribution in [3.05, 3.63) is 28.8 Å². The summed E-state index contributed by atoms with van der Waals surface area (Å²) in [5.74, 6) is 0.562. The molecule has 1 aromatic carbocycles. The summed E-state index contributed by atoms with van der Waals surface area (Å²) in [4.78, 5) is 12.1. The molecule has 98 valence electrons. The Morgan fingerprint density at radius 1 is 1.44 bits per heavy atom. The number of esters is 1. The number of carbonyl (C=O) groups excluding carboxylic acids is 1. The van der Waals surface area contributed by atoms with Gasteiger partial charge in [-0.05, 0) is 39.2 Å². The molecule has 0 radical (unpaired) electrons. The van der Waals surface area contributed by atoms with E-state index in [9.17, 15) is 4.79 Å². The van der Waals surface area contributed by atoms with Gasteiger partial charge in [-0.3, -0.25) is 4.79 Å². The molecule has 1 aliphatic rings. The molecular weight excluding hydrogens is 228 g/mol. The maximum atomic E-state index is 12.1. The molecule has 0 amide bonds. The molecule has 0 saturated carbocycles. The molecule has 1 unspecified atom stereocenters. The smallest absolute Gasteiger partial charge is 0.313 e. The van der Waals surface area contributed by atoms with Crippen LogP contribution in [0.3, 0.4) is 0 Å². The van der Waals surface area contributed by atoms with Crippen molar-refractivity contribution in [3.8, 4) is 5.75 Å². The Kier molecular flexibility index (Phi) is 3.90. The molecule has 1 aliphatic heterocycles. The van der Waals surface area contributed by atoms with Gasteiger partial charge in [-0.25, -0.2) is 0 Å². The number of hydrogen-bond acceptors (Lipinski definition) is 3. The predicted molar refractivity (Wildman–Crippen MR) is 70.0 cm³/mol. The highest BCUT2D eigenvalue weighted by atomic mass is 16.5. The highest BCUT2D eigenvalue weighted by Gasteiger charge is 2.28. The van der Waals surface area contributed by atoms with Crippen molar-refractivity contribution in [2.24, 2.45) is 0 Å². The Morgan fingerprint density at radius 3 is 2.94 bits per heavy atom. The monoisotopic (exact) mass is 248 g/mol. The average molecular weight is 248 g/mol. The van der Waals surface area contributed by atoms with E-state index >= 15 is 0 Å². The van der Waals surface area contributed by atoms with Gasteiger partial charge >= 0.3 is 5.97 Å². The number of carbonyl (C=O) groups is 1. The van der Waals surface area contributed by atoms with Gasteiger partial charge < -0.3 is 9.47 Å². The minimum Gasteiger partial charge on any atom is -0.493 e. The Labute approximate surface area is 108 Å². The van der Waals surface area contributed by atoms with Crippen LogP contribution in [0.25, 0.3) is 0 Å². The summed E-state index contributed by atoms with van der Waals surface area (Å²) in [6.07, 6.45) is 1.69. The van der Waals surface area contributed by atoms with Gasteiger partial charge in [0.25, 0.3) is 0 Å². The fraction of sp³-hybridized carbons (Fsp3) is 0.533. The van der Waals surface area contributed by atoms with Crippen molar-refractivity contribution >= 4 is 5.97 Å². The van der Waals surface area contributed by atoms with E-state index < -0.39 is 0 Å². The topological polar surface area (TPSA) is 35.5 Å². The van der Waals surface area contributed by atoms with E-state index in [1.165, 1.54) is 0 Å². The van der Waals surface area contributed by atoms with Gasteiger partial charge in [-0.2, -0.15) is 0 Å². The highest BCUT2D eigenvalue weighted by Crippen LogP contribution is 2.37. The molecule has 3 heteroatoms. The van der Waals surface area contributed by atoms with E-state index in [2.05, 4.69) is 12.1 Å². The molecule has 0 spiro atoms. The van der Waals surface area contributed by atoms with Crippen LogP contribution in [0.2, 0.25) is 0 Å². The van der Waals surface area contributed by atoms with E-state index in [0.717, 1.165) is 35.3 Å². The van der Waals surface area contributed by atoms with Crippen LogP contribution in [0.15, 0.2) is 12.1 Å². The number of rotatable bonds is 2. The van der Waals surface area contributed by atoms with Crippen molar-refractivity contribution in [2.45, 2.75) is 39.5 Å². The zero-order valence-corrected chi connectivity index (χ0v) is 11.3. The quantitative estimate of drug-likeness (QED) is 0.754. The molecule has 0 N–H and O–H groups in total. The maximum Gasteiger partial charge on any atom is 0.313 e. The van der Waals surface area contributed by atoms with Crippen LogP contribution in [0.4, 0.5) is 0 Å². The second kappa shape index (κ2) is 5.42. The van der Waals surface area contributed by atoms with E-state index in [-0.39, 0.29) is 11.9 Å². The second-order valence-corrected chi connectivity index (χ2v) is 4.80. The van der Waals surface area contributed by atoms with Crippen molar-refractivity contribution < 1.29 is 14.3 Å². The zero-order chi connectivity index (χ0) is 13.1. The number of ether oxygens (including phenoxy) is 2. The molecule has 18 heavy (non-hydrogen) atoms. The summed E-state index contributed by atoms with van der Waals surface area (Å²) in [7, 11) is 0. The van der Waals surface area contributed by atoms with Gasteiger partial charge in [0.1, 0.15) is 5.75 Å². The molecule has 0 aliphatic carbocycles. The lowest BCUT2D eigenvalue weighted by Gasteiger charge is -2.17. The standard InChI is InChI=1S/C15H20O3/c1-4-17-15(16)12-6-5-7-18-14-11(3)8-10(2)9-13(12)14/h8-9,12H,4-7H2,1-3H3. The number of benzene rings is 1. The third kappa shape index (κ3) is 2.50. The van der Waals surface area contributed by atoms with Gasteiger partial charge in [0.15, 0.2) is 0 Å². The summed E-state index contributed by atoms with van der Waals surface area (Å²) in [5, 5.41) is 0. The second-order valence-electron chi connectivity index (χ2n) is 4.80. The molecule has 3 nitrogen and oxygen atoms in total. The van der Waals surface area contributed by atoms with Crippen LogP contribution in [-0.2, 0) is 9.53 Å². The van der Waals surface area contributed by atoms with Crippen molar-refractivity contribution in [2.75, 3.05) is 13.2 Å². The molecule has 0 bridgehead atoms. The van der Waals surface area contributed by atoms with E-state index in [1.54, 1.807) is 0 Å². The summed E-state index contributed by atoms with van der Waals surface area (Å²) in [5.41, 5.74) is 3.25. The van der Waals surface area contributed by atoms with Gasteiger partial charge in [0.05, 0.1) is 19.1 Å². The average Bonchev–Trinajstić information content (AvgIpc) is 2.51. The largest absolute Gasteiger partial charge is 0.493 e. The maximum absolute atomic E-state index is 12.1. The Bertz CT molecular complexity index is 451. The first kappa shape index (κ1) is 12.9.